The first-order valence-corrected chi connectivity index (χ1v) is 6.18. The Morgan fingerprint density at radius 2 is 2.26 bits per heavy atom. The molecular formula is C14H18FN3O. The molecule has 1 amide bonds. The minimum absolute atomic E-state index is 0.214. The number of anilines is 1. The maximum absolute atomic E-state index is 13.7. The van der Waals surface area contributed by atoms with Crippen LogP contribution in [0.2, 0.25) is 0 Å². The van der Waals surface area contributed by atoms with Crippen molar-refractivity contribution in [2.24, 2.45) is 5.92 Å². The molecule has 0 radical (unpaired) electrons. The quantitative estimate of drug-likeness (QED) is 0.888. The van der Waals surface area contributed by atoms with Crippen LogP contribution in [0.5, 0.6) is 0 Å². The minimum Gasteiger partial charge on any atom is -0.382 e. The van der Waals surface area contributed by atoms with Gasteiger partial charge in [0.2, 0.25) is 0 Å². The number of halogens is 1. The Kier molecular flexibility index (Phi) is 5.31. The third-order valence-corrected chi connectivity index (χ3v) is 2.71. The molecule has 1 aromatic rings. The summed E-state index contributed by atoms with van der Waals surface area (Å²) < 4.78 is 13.7. The van der Waals surface area contributed by atoms with Crippen molar-refractivity contribution in [1.29, 1.82) is 5.26 Å². The molecule has 0 spiro atoms. The fourth-order valence-corrected chi connectivity index (χ4v) is 1.80. The van der Waals surface area contributed by atoms with Crippen molar-refractivity contribution in [3.05, 3.63) is 29.6 Å². The zero-order chi connectivity index (χ0) is 14.4. The molecule has 0 fully saturated rings. The van der Waals surface area contributed by atoms with Crippen molar-refractivity contribution in [2.75, 3.05) is 25.5 Å². The SMILES string of the molecule is CCNc1c(F)cccc1C(=O)N(C)CC(C)C#N. The number of para-hydroxylation sites is 1. The molecule has 0 aliphatic heterocycles. The summed E-state index contributed by atoms with van der Waals surface area (Å²) in [5.41, 5.74) is 0.501. The number of amides is 1. The van der Waals surface area contributed by atoms with Crippen molar-refractivity contribution in [1.82, 2.24) is 4.90 Å². The van der Waals surface area contributed by atoms with Crippen LogP contribution in [0.1, 0.15) is 24.2 Å². The second-order valence-electron chi connectivity index (χ2n) is 4.41. The van der Waals surface area contributed by atoms with Crippen molar-refractivity contribution in [3.63, 3.8) is 0 Å². The fourth-order valence-electron chi connectivity index (χ4n) is 1.80. The highest BCUT2D eigenvalue weighted by molar-refractivity contribution is 5.99. The van der Waals surface area contributed by atoms with Crippen LogP contribution >= 0.6 is 0 Å². The predicted octanol–water partition coefficient (Wildman–Crippen LogP) is 2.49. The number of nitrogens with zero attached hydrogens (tertiary/aromatic N) is 2. The highest BCUT2D eigenvalue weighted by Gasteiger charge is 2.19. The van der Waals surface area contributed by atoms with E-state index >= 15 is 0 Å². The predicted molar refractivity (Wildman–Crippen MR) is 72.3 cm³/mol. The van der Waals surface area contributed by atoms with Crippen molar-refractivity contribution >= 4 is 11.6 Å². The third-order valence-electron chi connectivity index (χ3n) is 2.71. The Labute approximate surface area is 112 Å². The first-order valence-electron chi connectivity index (χ1n) is 6.18. The molecule has 1 unspecified atom stereocenters. The van der Waals surface area contributed by atoms with Gasteiger partial charge in [-0.3, -0.25) is 4.79 Å². The first-order chi connectivity index (χ1) is 9.01. The number of carbonyl (C=O) groups excluding carboxylic acids is 1. The van der Waals surface area contributed by atoms with Crippen LogP contribution in [-0.4, -0.2) is 30.9 Å². The highest BCUT2D eigenvalue weighted by Crippen LogP contribution is 2.21. The smallest absolute Gasteiger partial charge is 0.255 e. The second kappa shape index (κ2) is 6.74. The van der Waals surface area contributed by atoms with Gasteiger partial charge in [0, 0.05) is 20.1 Å². The number of hydrogen-bond acceptors (Lipinski definition) is 3. The zero-order valence-electron chi connectivity index (χ0n) is 11.4. The maximum atomic E-state index is 13.7. The monoisotopic (exact) mass is 263 g/mol. The van der Waals surface area contributed by atoms with Crippen LogP contribution in [0.4, 0.5) is 10.1 Å². The summed E-state index contributed by atoms with van der Waals surface area (Å²) in [6.07, 6.45) is 0. The lowest BCUT2D eigenvalue weighted by Crippen LogP contribution is -2.31. The van der Waals surface area contributed by atoms with Gasteiger partial charge in [-0.25, -0.2) is 4.39 Å². The third kappa shape index (κ3) is 3.68. The second-order valence-corrected chi connectivity index (χ2v) is 4.41. The van der Waals surface area contributed by atoms with E-state index in [1.165, 1.54) is 17.0 Å². The Bertz CT molecular complexity index is 496. The normalized spacial score (nSPS) is 11.5. The van der Waals surface area contributed by atoms with E-state index in [1.807, 2.05) is 6.92 Å². The van der Waals surface area contributed by atoms with E-state index in [1.54, 1.807) is 20.0 Å². The highest BCUT2D eigenvalue weighted by atomic mass is 19.1. The van der Waals surface area contributed by atoms with Crippen LogP contribution < -0.4 is 5.32 Å². The molecule has 0 aliphatic rings. The molecule has 19 heavy (non-hydrogen) atoms. The number of nitriles is 1. The van der Waals surface area contributed by atoms with Gasteiger partial charge in [0.15, 0.2) is 0 Å². The summed E-state index contributed by atoms with van der Waals surface area (Å²) in [4.78, 5) is 13.7. The van der Waals surface area contributed by atoms with Gasteiger partial charge >= 0.3 is 0 Å². The van der Waals surface area contributed by atoms with Gasteiger partial charge in [-0.05, 0) is 26.0 Å². The number of rotatable bonds is 5. The molecule has 1 aromatic carbocycles. The van der Waals surface area contributed by atoms with Crippen LogP contribution in [-0.2, 0) is 0 Å². The molecule has 4 nitrogen and oxygen atoms in total. The molecule has 0 bridgehead atoms. The molecule has 102 valence electrons. The van der Waals surface area contributed by atoms with E-state index < -0.39 is 5.82 Å². The lowest BCUT2D eigenvalue weighted by Gasteiger charge is -2.20. The Balaban J connectivity index is 2.99. The molecule has 0 heterocycles. The van der Waals surface area contributed by atoms with Crippen LogP contribution in [0.3, 0.4) is 0 Å². The van der Waals surface area contributed by atoms with E-state index in [4.69, 9.17) is 5.26 Å². The lowest BCUT2D eigenvalue weighted by atomic mass is 10.1. The number of nitrogens with one attached hydrogen (secondary N) is 1. The van der Waals surface area contributed by atoms with E-state index in [-0.39, 0.29) is 23.1 Å². The summed E-state index contributed by atoms with van der Waals surface area (Å²) >= 11 is 0. The molecule has 0 saturated heterocycles. The van der Waals surface area contributed by atoms with E-state index in [0.717, 1.165) is 0 Å². The number of hydrogen-bond donors (Lipinski definition) is 1. The maximum Gasteiger partial charge on any atom is 0.255 e. The van der Waals surface area contributed by atoms with Gasteiger partial charge in [0.1, 0.15) is 5.82 Å². The summed E-state index contributed by atoms with van der Waals surface area (Å²) in [5.74, 6) is -1.00. The zero-order valence-corrected chi connectivity index (χ0v) is 11.4. The van der Waals surface area contributed by atoms with Gasteiger partial charge in [-0.1, -0.05) is 6.07 Å². The van der Waals surface area contributed by atoms with Crippen LogP contribution in [0.15, 0.2) is 18.2 Å². The molecule has 1 rings (SSSR count). The largest absolute Gasteiger partial charge is 0.382 e. The molecule has 0 aliphatic carbocycles. The first kappa shape index (κ1) is 15.0. The van der Waals surface area contributed by atoms with Crippen molar-refractivity contribution in [2.45, 2.75) is 13.8 Å². The Hall–Kier alpha value is -2.09. The lowest BCUT2D eigenvalue weighted by molar-refractivity contribution is 0.0785. The summed E-state index contributed by atoms with van der Waals surface area (Å²) in [6, 6.07) is 6.47. The van der Waals surface area contributed by atoms with E-state index in [2.05, 4.69) is 11.4 Å². The van der Waals surface area contributed by atoms with Gasteiger partial charge in [0.05, 0.1) is 23.2 Å². The molecule has 0 aromatic heterocycles. The molecular weight excluding hydrogens is 245 g/mol. The van der Waals surface area contributed by atoms with Gasteiger partial charge < -0.3 is 10.2 Å². The Morgan fingerprint density at radius 3 is 2.84 bits per heavy atom. The summed E-state index contributed by atoms with van der Waals surface area (Å²) in [5, 5.41) is 11.6. The van der Waals surface area contributed by atoms with E-state index in [9.17, 15) is 9.18 Å². The molecule has 5 heteroatoms. The fraction of sp³-hybridized carbons (Fsp3) is 0.429. The Morgan fingerprint density at radius 1 is 1.58 bits per heavy atom. The summed E-state index contributed by atoms with van der Waals surface area (Å²) in [6.45, 7) is 4.42. The average molecular weight is 263 g/mol. The summed E-state index contributed by atoms with van der Waals surface area (Å²) in [7, 11) is 1.61. The molecule has 1 atom stereocenters. The number of carbonyl (C=O) groups is 1. The minimum atomic E-state index is -0.450. The van der Waals surface area contributed by atoms with Gasteiger partial charge in [-0.2, -0.15) is 5.26 Å². The van der Waals surface area contributed by atoms with Gasteiger partial charge in [-0.15, -0.1) is 0 Å². The molecule has 1 N–H and O–H groups in total. The van der Waals surface area contributed by atoms with Gasteiger partial charge in [0.25, 0.3) is 5.91 Å². The standard InChI is InChI=1S/C14H18FN3O/c1-4-17-13-11(6-5-7-12(13)15)14(19)18(3)9-10(2)8-16/h5-7,10,17H,4,9H2,1-3H3. The van der Waals surface area contributed by atoms with Crippen LogP contribution in [0.25, 0.3) is 0 Å². The van der Waals surface area contributed by atoms with E-state index in [0.29, 0.717) is 13.1 Å². The topological polar surface area (TPSA) is 56.1 Å². The van der Waals surface area contributed by atoms with Crippen molar-refractivity contribution < 1.29 is 9.18 Å². The van der Waals surface area contributed by atoms with Crippen LogP contribution in [0, 0.1) is 23.1 Å². The van der Waals surface area contributed by atoms with Crippen molar-refractivity contribution in [3.8, 4) is 6.07 Å². The average Bonchev–Trinajstić information content (AvgIpc) is 2.40. The number of benzene rings is 1. The molecule has 0 saturated carbocycles.